The van der Waals surface area contributed by atoms with Gasteiger partial charge in [-0.3, -0.25) is 0 Å². The Hall–Kier alpha value is -0.210. The number of aliphatic hydroxyl groups is 1. The van der Waals surface area contributed by atoms with Crippen molar-refractivity contribution in [1.82, 2.24) is 9.71 Å². The number of aromatic nitrogens is 1. The number of halogens is 2. The van der Waals surface area contributed by atoms with Crippen LogP contribution in [0.3, 0.4) is 0 Å². The predicted octanol–water partition coefficient (Wildman–Crippen LogP) is 1.55. The maximum absolute atomic E-state index is 11.9. The minimum atomic E-state index is -3.78. The van der Waals surface area contributed by atoms with Crippen LogP contribution in [0.5, 0.6) is 0 Å². The highest BCUT2D eigenvalue weighted by Gasteiger charge is 2.22. The molecule has 1 aromatic rings. The van der Waals surface area contributed by atoms with Gasteiger partial charge in [-0.25, -0.2) is 18.1 Å². The predicted molar refractivity (Wildman–Crippen MR) is 68.4 cm³/mol. The second kappa shape index (κ2) is 5.19. The summed E-state index contributed by atoms with van der Waals surface area (Å²) in [6, 6.07) is 1.35. The topological polar surface area (TPSA) is 79.3 Å². The zero-order chi connectivity index (χ0) is 13.3. The van der Waals surface area contributed by atoms with Gasteiger partial charge in [0, 0.05) is 17.2 Å². The van der Waals surface area contributed by atoms with E-state index in [-0.39, 0.29) is 16.6 Å². The molecule has 96 valence electrons. The Labute approximate surface area is 113 Å². The maximum Gasteiger partial charge on any atom is 0.243 e. The fraction of sp³-hybridized carbons (Fsp3) is 0.444. The molecule has 0 aliphatic heterocycles. The van der Waals surface area contributed by atoms with Crippen LogP contribution < -0.4 is 4.72 Å². The monoisotopic (exact) mass is 342 g/mol. The third kappa shape index (κ3) is 4.51. The number of nitrogens with one attached hydrogen (secondary N) is 1. The molecule has 1 rings (SSSR count). The normalized spacial score (nSPS) is 12.8. The van der Waals surface area contributed by atoms with Crippen LogP contribution in [-0.4, -0.2) is 30.7 Å². The van der Waals surface area contributed by atoms with Gasteiger partial charge in [0.25, 0.3) is 0 Å². The highest BCUT2D eigenvalue weighted by atomic mass is 79.9. The van der Waals surface area contributed by atoms with E-state index in [4.69, 9.17) is 11.6 Å². The van der Waals surface area contributed by atoms with Crippen molar-refractivity contribution < 1.29 is 13.5 Å². The van der Waals surface area contributed by atoms with Gasteiger partial charge in [0.15, 0.2) is 0 Å². The zero-order valence-corrected chi connectivity index (χ0v) is 12.4. The molecule has 0 saturated carbocycles. The summed E-state index contributed by atoms with van der Waals surface area (Å²) in [5, 5.41) is 9.35. The summed E-state index contributed by atoms with van der Waals surface area (Å²) in [7, 11) is -3.78. The lowest BCUT2D eigenvalue weighted by Crippen LogP contribution is -2.38. The molecule has 0 aromatic carbocycles. The summed E-state index contributed by atoms with van der Waals surface area (Å²) in [5.41, 5.74) is -1.14. The van der Waals surface area contributed by atoms with Gasteiger partial charge in [-0.1, -0.05) is 11.6 Å². The van der Waals surface area contributed by atoms with Gasteiger partial charge in [0.05, 0.1) is 5.60 Å². The van der Waals surface area contributed by atoms with Crippen LogP contribution in [-0.2, 0) is 10.0 Å². The molecule has 0 saturated heterocycles. The largest absolute Gasteiger partial charge is 0.389 e. The number of hydrogen-bond donors (Lipinski definition) is 2. The molecule has 0 atom stereocenters. The Morgan fingerprint density at radius 2 is 2.18 bits per heavy atom. The van der Waals surface area contributed by atoms with Crippen molar-refractivity contribution in [3.05, 3.63) is 21.9 Å². The standard InChI is InChI=1S/C9H12BrClN2O3S/c1-9(2,14)5-13-17(15,16)7-3-6(10)4-12-8(7)11/h3-4,13-14H,5H2,1-2H3. The minimum absolute atomic E-state index is 0.113. The smallest absolute Gasteiger partial charge is 0.243 e. The molecule has 0 unspecified atom stereocenters. The number of nitrogens with zero attached hydrogens (tertiary/aromatic N) is 1. The first-order valence-corrected chi connectivity index (χ1v) is 7.30. The molecule has 2 N–H and O–H groups in total. The Morgan fingerprint density at radius 1 is 1.59 bits per heavy atom. The molecule has 5 nitrogen and oxygen atoms in total. The fourth-order valence-corrected chi connectivity index (χ4v) is 3.09. The van der Waals surface area contributed by atoms with E-state index in [1.54, 1.807) is 0 Å². The van der Waals surface area contributed by atoms with Crippen molar-refractivity contribution in [2.24, 2.45) is 0 Å². The van der Waals surface area contributed by atoms with E-state index in [2.05, 4.69) is 25.6 Å². The summed E-state index contributed by atoms with van der Waals surface area (Å²) in [6.45, 7) is 2.88. The van der Waals surface area contributed by atoms with Crippen molar-refractivity contribution in [2.45, 2.75) is 24.3 Å². The third-order valence-electron chi connectivity index (χ3n) is 1.76. The lowest BCUT2D eigenvalue weighted by atomic mass is 10.1. The highest BCUT2D eigenvalue weighted by Crippen LogP contribution is 2.22. The average molecular weight is 344 g/mol. The quantitative estimate of drug-likeness (QED) is 0.813. The molecule has 1 heterocycles. The molecule has 0 fully saturated rings. The second-order valence-electron chi connectivity index (χ2n) is 4.08. The molecule has 17 heavy (non-hydrogen) atoms. The van der Waals surface area contributed by atoms with Crippen LogP contribution in [0.2, 0.25) is 5.15 Å². The van der Waals surface area contributed by atoms with Gasteiger partial charge in [0.1, 0.15) is 10.0 Å². The maximum atomic E-state index is 11.9. The number of sulfonamides is 1. The summed E-state index contributed by atoms with van der Waals surface area (Å²) in [6.07, 6.45) is 1.40. The van der Waals surface area contributed by atoms with Gasteiger partial charge >= 0.3 is 0 Å². The lowest BCUT2D eigenvalue weighted by molar-refractivity contribution is 0.0857. The summed E-state index contributed by atoms with van der Waals surface area (Å²) in [5.74, 6) is 0. The van der Waals surface area contributed by atoms with Crippen LogP contribution in [0.4, 0.5) is 0 Å². The third-order valence-corrected chi connectivity index (χ3v) is 4.02. The van der Waals surface area contributed by atoms with Gasteiger partial charge in [-0.15, -0.1) is 0 Å². The van der Waals surface area contributed by atoms with E-state index in [1.165, 1.54) is 26.1 Å². The molecule has 0 aliphatic carbocycles. The fourth-order valence-electron chi connectivity index (χ4n) is 0.942. The van der Waals surface area contributed by atoms with E-state index in [9.17, 15) is 13.5 Å². The summed E-state index contributed by atoms with van der Waals surface area (Å²) < 4.78 is 26.5. The van der Waals surface area contributed by atoms with Crippen LogP contribution in [0.1, 0.15) is 13.8 Å². The molecule has 0 spiro atoms. The highest BCUT2D eigenvalue weighted by molar-refractivity contribution is 9.10. The van der Waals surface area contributed by atoms with Gasteiger partial charge in [-0.2, -0.15) is 0 Å². The van der Waals surface area contributed by atoms with E-state index in [0.717, 1.165) is 0 Å². The molecular weight excluding hydrogens is 332 g/mol. The Balaban J connectivity index is 3.02. The van der Waals surface area contributed by atoms with Gasteiger partial charge in [0.2, 0.25) is 10.0 Å². The SMILES string of the molecule is CC(C)(O)CNS(=O)(=O)c1cc(Br)cnc1Cl. The first-order valence-electron chi connectivity index (χ1n) is 4.65. The van der Waals surface area contributed by atoms with E-state index < -0.39 is 15.6 Å². The number of hydrogen-bond acceptors (Lipinski definition) is 4. The molecule has 0 bridgehead atoms. The molecule has 0 amide bonds. The number of pyridine rings is 1. The van der Waals surface area contributed by atoms with Crippen LogP contribution >= 0.6 is 27.5 Å². The Kier molecular flexibility index (Phi) is 4.54. The molecule has 8 heteroatoms. The zero-order valence-electron chi connectivity index (χ0n) is 9.24. The summed E-state index contributed by atoms with van der Waals surface area (Å²) in [4.78, 5) is 3.60. The lowest BCUT2D eigenvalue weighted by Gasteiger charge is -2.17. The van der Waals surface area contributed by atoms with Crippen molar-refractivity contribution in [3.63, 3.8) is 0 Å². The van der Waals surface area contributed by atoms with Crippen LogP contribution in [0.15, 0.2) is 21.6 Å². The average Bonchev–Trinajstić information content (AvgIpc) is 2.18. The number of rotatable bonds is 4. The van der Waals surface area contributed by atoms with Crippen LogP contribution in [0.25, 0.3) is 0 Å². The molecule has 0 aliphatic rings. The van der Waals surface area contributed by atoms with Gasteiger partial charge in [-0.05, 0) is 35.8 Å². The minimum Gasteiger partial charge on any atom is -0.389 e. The van der Waals surface area contributed by atoms with Crippen molar-refractivity contribution in [2.75, 3.05) is 6.54 Å². The molecule has 1 aromatic heterocycles. The molecular formula is C9H12BrClN2O3S. The van der Waals surface area contributed by atoms with Crippen molar-refractivity contribution >= 4 is 37.6 Å². The van der Waals surface area contributed by atoms with E-state index in [1.807, 2.05) is 0 Å². The van der Waals surface area contributed by atoms with Crippen molar-refractivity contribution in [3.8, 4) is 0 Å². The first kappa shape index (κ1) is 14.8. The first-order chi connectivity index (χ1) is 7.62. The van der Waals surface area contributed by atoms with E-state index in [0.29, 0.717) is 4.47 Å². The Morgan fingerprint density at radius 3 is 2.71 bits per heavy atom. The van der Waals surface area contributed by atoms with Gasteiger partial charge < -0.3 is 5.11 Å². The second-order valence-corrected chi connectivity index (χ2v) is 7.09. The van der Waals surface area contributed by atoms with Crippen LogP contribution in [0, 0.1) is 0 Å². The van der Waals surface area contributed by atoms with Crippen molar-refractivity contribution in [1.29, 1.82) is 0 Å². The molecule has 0 radical (unpaired) electrons. The Bertz CT molecular complexity index is 513. The summed E-state index contributed by atoms with van der Waals surface area (Å²) >= 11 is 8.83. The van der Waals surface area contributed by atoms with E-state index >= 15 is 0 Å².